The van der Waals surface area contributed by atoms with Crippen molar-refractivity contribution in [3.8, 4) is 11.5 Å². The summed E-state index contributed by atoms with van der Waals surface area (Å²) in [6.45, 7) is 8.14. The summed E-state index contributed by atoms with van der Waals surface area (Å²) in [5, 5.41) is 7.39. The minimum Gasteiger partial charge on any atom is -0.337 e. The quantitative estimate of drug-likeness (QED) is 0.912. The Kier molecular flexibility index (Phi) is 3.75. The standard InChI is InChI=1S/C14H19N5O/c1-10-3-4-16-12(9-10)13-17-14(20-18-13)11(2)19-7-5-15-6-8-19/h3-4,9,11,15H,5-8H2,1-2H3. The molecular weight excluding hydrogens is 254 g/mol. The van der Waals surface area contributed by atoms with Crippen molar-refractivity contribution in [3.63, 3.8) is 0 Å². The fraction of sp³-hybridized carbons (Fsp3) is 0.500. The molecular formula is C14H19N5O. The lowest BCUT2D eigenvalue weighted by Gasteiger charge is -2.30. The number of pyridine rings is 1. The Bertz CT molecular complexity index is 576. The summed E-state index contributed by atoms with van der Waals surface area (Å²) in [4.78, 5) is 11.1. The largest absolute Gasteiger partial charge is 0.337 e. The minimum absolute atomic E-state index is 0.142. The normalized spacial score (nSPS) is 18.1. The number of nitrogens with one attached hydrogen (secondary N) is 1. The molecule has 0 aliphatic carbocycles. The topological polar surface area (TPSA) is 67.1 Å². The molecule has 1 aliphatic heterocycles. The summed E-state index contributed by atoms with van der Waals surface area (Å²) < 4.78 is 5.41. The first kappa shape index (κ1) is 13.2. The molecule has 1 unspecified atom stereocenters. The monoisotopic (exact) mass is 273 g/mol. The number of nitrogens with zero attached hydrogens (tertiary/aromatic N) is 4. The second kappa shape index (κ2) is 5.68. The van der Waals surface area contributed by atoms with Gasteiger partial charge in [-0.05, 0) is 31.5 Å². The van der Waals surface area contributed by atoms with Crippen LogP contribution in [0.4, 0.5) is 0 Å². The molecule has 0 bridgehead atoms. The molecule has 1 atom stereocenters. The fourth-order valence-corrected chi connectivity index (χ4v) is 2.39. The molecule has 3 rings (SSSR count). The van der Waals surface area contributed by atoms with Gasteiger partial charge in [-0.15, -0.1) is 0 Å². The van der Waals surface area contributed by atoms with Crippen LogP contribution in [0.15, 0.2) is 22.9 Å². The van der Waals surface area contributed by atoms with Crippen LogP contribution in [0.3, 0.4) is 0 Å². The zero-order chi connectivity index (χ0) is 13.9. The maximum Gasteiger partial charge on any atom is 0.244 e. The highest BCUT2D eigenvalue weighted by molar-refractivity contribution is 5.48. The van der Waals surface area contributed by atoms with Gasteiger partial charge in [-0.1, -0.05) is 5.16 Å². The number of piperazine rings is 1. The maximum atomic E-state index is 5.41. The van der Waals surface area contributed by atoms with E-state index in [-0.39, 0.29) is 6.04 Å². The molecule has 2 aromatic heterocycles. The van der Waals surface area contributed by atoms with Gasteiger partial charge in [0, 0.05) is 32.4 Å². The van der Waals surface area contributed by atoms with Gasteiger partial charge >= 0.3 is 0 Å². The van der Waals surface area contributed by atoms with Gasteiger partial charge in [0.25, 0.3) is 0 Å². The maximum absolute atomic E-state index is 5.41. The molecule has 6 heteroatoms. The fourth-order valence-electron chi connectivity index (χ4n) is 2.39. The Labute approximate surface area is 118 Å². The van der Waals surface area contributed by atoms with Crippen molar-refractivity contribution in [2.24, 2.45) is 0 Å². The summed E-state index contributed by atoms with van der Waals surface area (Å²) in [6.07, 6.45) is 1.76. The number of aryl methyl sites for hydroxylation is 1. The van der Waals surface area contributed by atoms with Crippen molar-refractivity contribution < 1.29 is 4.52 Å². The third-order valence-electron chi connectivity index (χ3n) is 3.64. The van der Waals surface area contributed by atoms with Gasteiger partial charge in [0.15, 0.2) is 0 Å². The van der Waals surface area contributed by atoms with Crippen molar-refractivity contribution >= 4 is 0 Å². The van der Waals surface area contributed by atoms with E-state index in [4.69, 9.17) is 4.52 Å². The molecule has 1 aliphatic rings. The molecule has 1 N–H and O–H groups in total. The highest BCUT2D eigenvalue weighted by atomic mass is 16.5. The average molecular weight is 273 g/mol. The molecule has 1 fully saturated rings. The van der Waals surface area contributed by atoms with Gasteiger partial charge in [-0.2, -0.15) is 4.98 Å². The van der Waals surface area contributed by atoms with Crippen molar-refractivity contribution in [1.82, 2.24) is 25.3 Å². The van der Waals surface area contributed by atoms with Crippen LogP contribution in [-0.4, -0.2) is 46.2 Å². The van der Waals surface area contributed by atoms with E-state index >= 15 is 0 Å². The molecule has 0 radical (unpaired) electrons. The summed E-state index contributed by atoms with van der Waals surface area (Å²) in [5.74, 6) is 1.22. The highest BCUT2D eigenvalue weighted by Crippen LogP contribution is 2.21. The van der Waals surface area contributed by atoms with E-state index < -0.39 is 0 Å². The van der Waals surface area contributed by atoms with Gasteiger partial charge < -0.3 is 9.84 Å². The van der Waals surface area contributed by atoms with E-state index in [1.807, 2.05) is 19.1 Å². The SMILES string of the molecule is Cc1ccnc(-c2noc(C(C)N3CCNCC3)n2)c1. The van der Waals surface area contributed by atoms with E-state index in [1.54, 1.807) is 6.20 Å². The lowest BCUT2D eigenvalue weighted by Crippen LogP contribution is -2.44. The van der Waals surface area contributed by atoms with Gasteiger partial charge in [0.2, 0.25) is 11.7 Å². The van der Waals surface area contributed by atoms with E-state index in [0.29, 0.717) is 11.7 Å². The first-order valence-electron chi connectivity index (χ1n) is 6.95. The van der Waals surface area contributed by atoms with Crippen LogP contribution in [0.5, 0.6) is 0 Å². The molecule has 0 amide bonds. The first-order valence-corrected chi connectivity index (χ1v) is 6.95. The molecule has 0 saturated carbocycles. The van der Waals surface area contributed by atoms with Gasteiger partial charge in [0.05, 0.1) is 6.04 Å². The zero-order valence-corrected chi connectivity index (χ0v) is 11.8. The molecule has 0 spiro atoms. The van der Waals surface area contributed by atoms with Crippen LogP contribution in [0, 0.1) is 6.92 Å². The molecule has 20 heavy (non-hydrogen) atoms. The molecule has 106 valence electrons. The summed E-state index contributed by atoms with van der Waals surface area (Å²) in [5.41, 5.74) is 1.89. The highest BCUT2D eigenvalue weighted by Gasteiger charge is 2.23. The Hall–Kier alpha value is -1.79. The number of aromatic nitrogens is 3. The second-order valence-electron chi connectivity index (χ2n) is 5.14. The Morgan fingerprint density at radius 3 is 2.90 bits per heavy atom. The molecule has 0 aromatic carbocycles. The van der Waals surface area contributed by atoms with Crippen molar-refractivity contribution in [2.45, 2.75) is 19.9 Å². The van der Waals surface area contributed by atoms with Crippen LogP contribution >= 0.6 is 0 Å². The van der Waals surface area contributed by atoms with E-state index in [2.05, 4.69) is 32.3 Å². The van der Waals surface area contributed by atoms with Gasteiger partial charge in [-0.3, -0.25) is 9.88 Å². The predicted molar refractivity (Wildman–Crippen MR) is 75.1 cm³/mol. The van der Waals surface area contributed by atoms with Crippen LogP contribution in [0.2, 0.25) is 0 Å². The van der Waals surface area contributed by atoms with Crippen LogP contribution in [-0.2, 0) is 0 Å². The Morgan fingerprint density at radius 1 is 1.35 bits per heavy atom. The zero-order valence-electron chi connectivity index (χ0n) is 11.8. The predicted octanol–water partition coefficient (Wildman–Crippen LogP) is 1.41. The van der Waals surface area contributed by atoms with Crippen molar-refractivity contribution in [3.05, 3.63) is 29.8 Å². The Balaban J connectivity index is 1.79. The van der Waals surface area contributed by atoms with Crippen LogP contribution in [0.25, 0.3) is 11.5 Å². The van der Waals surface area contributed by atoms with E-state index in [1.165, 1.54) is 0 Å². The van der Waals surface area contributed by atoms with Gasteiger partial charge in [0.1, 0.15) is 5.69 Å². The van der Waals surface area contributed by atoms with Crippen molar-refractivity contribution in [1.29, 1.82) is 0 Å². The van der Waals surface area contributed by atoms with Gasteiger partial charge in [-0.25, -0.2) is 0 Å². The van der Waals surface area contributed by atoms with Crippen molar-refractivity contribution in [2.75, 3.05) is 26.2 Å². The van der Waals surface area contributed by atoms with Crippen LogP contribution < -0.4 is 5.32 Å². The summed E-state index contributed by atoms with van der Waals surface area (Å²) in [6, 6.07) is 4.06. The summed E-state index contributed by atoms with van der Waals surface area (Å²) in [7, 11) is 0. The first-order chi connectivity index (χ1) is 9.74. The lowest BCUT2D eigenvalue weighted by molar-refractivity contribution is 0.154. The van der Waals surface area contributed by atoms with Crippen LogP contribution in [0.1, 0.15) is 24.4 Å². The number of rotatable bonds is 3. The number of hydrogen-bond acceptors (Lipinski definition) is 6. The minimum atomic E-state index is 0.142. The average Bonchev–Trinajstić information content (AvgIpc) is 2.97. The molecule has 6 nitrogen and oxygen atoms in total. The second-order valence-corrected chi connectivity index (χ2v) is 5.14. The lowest BCUT2D eigenvalue weighted by atomic mass is 10.2. The molecule has 3 heterocycles. The van der Waals surface area contributed by atoms with E-state index in [0.717, 1.165) is 37.4 Å². The molecule has 1 saturated heterocycles. The van der Waals surface area contributed by atoms with E-state index in [9.17, 15) is 0 Å². The molecule has 2 aromatic rings. The smallest absolute Gasteiger partial charge is 0.244 e. The third kappa shape index (κ3) is 2.71. The third-order valence-corrected chi connectivity index (χ3v) is 3.64. The Morgan fingerprint density at radius 2 is 2.15 bits per heavy atom. The summed E-state index contributed by atoms with van der Waals surface area (Å²) >= 11 is 0. The number of hydrogen-bond donors (Lipinski definition) is 1.